The van der Waals surface area contributed by atoms with Gasteiger partial charge >= 0.3 is 0 Å². The molecule has 0 amide bonds. The molecule has 2 nitrogen and oxygen atoms in total. The topological polar surface area (TPSA) is 21.6 Å². The largest absolute Gasteiger partial charge is 0.471 e. The molecule has 1 aromatic carbocycles. The molecule has 1 aromatic rings. The molecular weight excluding hydrogens is 237 g/mol. The molecule has 1 aliphatic heterocycles. The minimum absolute atomic E-state index is 0.109. The Morgan fingerprint density at radius 1 is 1.62 bits per heavy atom. The molecular formula is C9H6BrFNO. The molecule has 1 aliphatic rings. The number of halogens is 2. The van der Waals surface area contributed by atoms with Gasteiger partial charge in [0.1, 0.15) is 18.5 Å². The first-order valence-electron chi connectivity index (χ1n) is 3.79. The molecule has 0 saturated heterocycles. The fraction of sp³-hybridized carbons (Fsp3) is 0.222. The van der Waals surface area contributed by atoms with Crippen LogP contribution in [-0.2, 0) is 4.74 Å². The summed E-state index contributed by atoms with van der Waals surface area (Å²) >= 11 is 3.09. The van der Waals surface area contributed by atoms with Gasteiger partial charge in [-0.1, -0.05) is 6.07 Å². The summed E-state index contributed by atoms with van der Waals surface area (Å²) in [5.74, 6) is -0.278. The zero-order valence-corrected chi connectivity index (χ0v) is 8.21. The van der Waals surface area contributed by atoms with Crippen LogP contribution >= 0.6 is 15.9 Å². The van der Waals surface area contributed by atoms with Gasteiger partial charge < -0.3 is 4.74 Å². The van der Waals surface area contributed by atoms with Crippen molar-refractivity contribution in [2.75, 3.05) is 6.61 Å². The van der Waals surface area contributed by atoms with Crippen molar-refractivity contribution in [2.24, 2.45) is 4.99 Å². The Bertz CT molecular complexity index is 353. The summed E-state index contributed by atoms with van der Waals surface area (Å²) in [6.07, 6.45) is 2.40. The maximum absolute atomic E-state index is 13.1. The average Bonchev–Trinajstić information content (AvgIpc) is 2.62. The Labute approximate surface area is 83.6 Å². The monoisotopic (exact) mass is 242 g/mol. The summed E-state index contributed by atoms with van der Waals surface area (Å²) in [7, 11) is 0. The van der Waals surface area contributed by atoms with E-state index in [1.807, 2.05) is 6.07 Å². The maximum atomic E-state index is 13.1. The standard InChI is InChI=1S/C9H6BrFNO/c10-7-2-1-6(3-8(7)11)9-4-13-5-12-9/h1-3,9H,4H2. The van der Waals surface area contributed by atoms with Crippen molar-refractivity contribution < 1.29 is 9.13 Å². The highest BCUT2D eigenvalue weighted by Gasteiger charge is 2.15. The van der Waals surface area contributed by atoms with Gasteiger partial charge in [0.05, 0.1) is 4.47 Å². The summed E-state index contributed by atoms with van der Waals surface area (Å²) in [5.41, 5.74) is 0.811. The highest BCUT2D eigenvalue weighted by atomic mass is 79.9. The molecule has 0 spiro atoms. The lowest BCUT2D eigenvalue weighted by molar-refractivity contribution is 0.330. The molecule has 0 bridgehead atoms. The van der Waals surface area contributed by atoms with Crippen LogP contribution in [0.15, 0.2) is 27.7 Å². The molecule has 67 valence electrons. The molecule has 1 radical (unpaired) electrons. The van der Waals surface area contributed by atoms with Crippen molar-refractivity contribution >= 4 is 22.3 Å². The number of hydrogen-bond acceptors (Lipinski definition) is 2. The van der Waals surface area contributed by atoms with Gasteiger partial charge in [-0.25, -0.2) is 9.38 Å². The fourth-order valence-electron chi connectivity index (χ4n) is 1.14. The van der Waals surface area contributed by atoms with Crippen LogP contribution in [0.3, 0.4) is 0 Å². The predicted molar refractivity (Wildman–Crippen MR) is 50.2 cm³/mol. The van der Waals surface area contributed by atoms with Gasteiger partial charge in [-0.2, -0.15) is 0 Å². The number of rotatable bonds is 1. The first kappa shape index (κ1) is 8.69. The van der Waals surface area contributed by atoms with Gasteiger partial charge in [0.2, 0.25) is 0 Å². The first-order valence-corrected chi connectivity index (χ1v) is 4.58. The van der Waals surface area contributed by atoms with E-state index >= 15 is 0 Å². The minimum Gasteiger partial charge on any atom is -0.471 e. The lowest BCUT2D eigenvalue weighted by Crippen LogP contribution is -1.97. The van der Waals surface area contributed by atoms with Crippen molar-refractivity contribution in [1.82, 2.24) is 0 Å². The quantitative estimate of drug-likeness (QED) is 0.742. The van der Waals surface area contributed by atoms with Gasteiger partial charge in [0.15, 0.2) is 0 Å². The second kappa shape index (κ2) is 3.46. The van der Waals surface area contributed by atoms with Crippen molar-refractivity contribution in [3.8, 4) is 0 Å². The number of hydrogen-bond donors (Lipinski definition) is 0. The van der Waals surface area contributed by atoms with Crippen LogP contribution < -0.4 is 0 Å². The Kier molecular flexibility index (Phi) is 2.31. The second-order valence-corrected chi connectivity index (χ2v) is 3.58. The van der Waals surface area contributed by atoms with E-state index in [1.54, 1.807) is 6.07 Å². The molecule has 1 unspecified atom stereocenters. The van der Waals surface area contributed by atoms with Crippen molar-refractivity contribution in [3.05, 3.63) is 34.1 Å². The molecule has 0 aliphatic carbocycles. The third-order valence-electron chi connectivity index (χ3n) is 1.84. The van der Waals surface area contributed by atoms with Crippen LogP contribution in [0.1, 0.15) is 11.6 Å². The molecule has 0 aromatic heterocycles. The summed E-state index contributed by atoms with van der Waals surface area (Å²) in [6.45, 7) is 0.446. The van der Waals surface area contributed by atoms with E-state index in [1.165, 1.54) is 6.07 Å². The van der Waals surface area contributed by atoms with Gasteiger partial charge in [0.25, 0.3) is 6.40 Å². The zero-order chi connectivity index (χ0) is 9.26. The molecule has 1 heterocycles. The van der Waals surface area contributed by atoms with Gasteiger partial charge in [-0.15, -0.1) is 0 Å². The average molecular weight is 243 g/mol. The Morgan fingerprint density at radius 3 is 3.08 bits per heavy atom. The van der Waals surface area contributed by atoms with Crippen LogP contribution in [0, 0.1) is 5.82 Å². The van der Waals surface area contributed by atoms with Gasteiger partial charge in [0, 0.05) is 0 Å². The summed E-state index contributed by atoms with van der Waals surface area (Å²) < 4.78 is 18.4. The van der Waals surface area contributed by atoms with E-state index in [-0.39, 0.29) is 11.9 Å². The highest BCUT2D eigenvalue weighted by Crippen LogP contribution is 2.24. The molecule has 13 heavy (non-hydrogen) atoms. The van der Waals surface area contributed by atoms with E-state index in [0.29, 0.717) is 11.1 Å². The second-order valence-electron chi connectivity index (χ2n) is 2.72. The van der Waals surface area contributed by atoms with Gasteiger partial charge in [-0.05, 0) is 33.6 Å². The lowest BCUT2D eigenvalue weighted by Gasteiger charge is -2.05. The van der Waals surface area contributed by atoms with E-state index < -0.39 is 0 Å². The van der Waals surface area contributed by atoms with E-state index in [4.69, 9.17) is 4.74 Å². The van der Waals surface area contributed by atoms with E-state index in [9.17, 15) is 4.39 Å². The summed E-state index contributed by atoms with van der Waals surface area (Å²) in [5, 5.41) is 0. The molecule has 0 saturated carbocycles. The maximum Gasteiger partial charge on any atom is 0.273 e. The summed E-state index contributed by atoms with van der Waals surface area (Å²) in [6, 6.07) is 4.83. The Balaban J connectivity index is 2.30. The van der Waals surface area contributed by atoms with Crippen LogP contribution in [0.5, 0.6) is 0 Å². The highest BCUT2D eigenvalue weighted by molar-refractivity contribution is 9.10. The number of nitrogens with zero attached hydrogens (tertiary/aromatic N) is 1. The van der Waals surface area contributed by atoms with Crippen LogP contribution in [0.4, 0.5) is 4.39 Å². The van der Waals surface area contributed by atoms with Gasteiger partial charge in [-0.3, -0.25) is 0 Å². The normalized spacial score (nSPS) is 20.3. The minimum atomic E-state index is -0.278. The smallest absolute Gasteiger partial charge is 0.273 e. The van der Waals surface area contributed by atoms with Crippen molar-refractivity contribution in [1.29, 1.82) is 0 Å². The molecule has 0 N–H and O–H groups in total. The molecule has 0 fully saturated rings. The Hall–Kier alpha value is -0.900. The SMILES string of the molecule is Fc1cc(C2CO[C]=N2)ccc1Br. The molecule has 2 rings (SSSR count). The molecule has 4 heteroatoms. The van der Waals surface area contributed by atoms with Crippen LogP contribution in [0.2, 0.25) is 0 Å². The number of benzene rings is 1. The van der Waals surface area contributed by atoms with E-state index in [2.05, 4.69) is 27.3 Å². The number of ether oxygens (including phenoxy) is 1. The predicted octanol–water partition coefficient (Wildman–Crippen LogP) is 2.56. The van der Waals surface area contributed by atoms with Crippen LogP contribution in [0.25, 0.3) is 0 Å². The summed E-state index contributed by atoms with van der Waals surface area (Å²) in [4.78, 5) is 3.92. The molecule has 1 atom stereocenters. The first-order chi connectivity index (χ1) is 6.27. The van der Waals surface area contributed by atoms with Crippen molar-refractivity contribution in [2.45, 2.75) is 6.04 Å². The number of aliphatic imine (C=N–C) groups is 1. The Morgan fingerprint density at radius 2 is 2.46 bits per heavy atom. The van der Waals surface area contributed by atoms with Crippen LogP contribution in [-0.4, -0.2) is 13.0 Å². The third kappa shape index (κ3) is 1.72. The lowest BCUT2D eigenvalue weighted by atomic mass is 10.1. The zero-order valence-electron chi connectivity index (χ0n) is 6.63. The fourth-order valence-corrected chi connectivity index (χ4v) is 1.39. The third-order valence-corrected chi connectivity index (χ3v) is 2.49. The van der Waals surface area contributed by atoms with Crippen molar-refractivity contribution in [3.63, 3.8) is 0 Å². The van der Waals surface area contributed by atoms with E-state index in [0.717, 1.165) is 5.56 Å².